The van der Waals surface area contributed by atoms with Gasteiger partial charge in [-0.15, -0.1) is 0 Å². The molecule has 1 N–H and O–H groups in total. The predicted molar refractivity (Wildman–Crippen MR) is 74.5 cm³/mol. The summed E-state index contributed by atoms with van der Waals surface area (Å²) in [5.41, 5.74) is 3.94. The van der Waals surface area contributed by atoms with Crippen LogP contribution in [-0.4, -0.2) is 42.1 Å². The van der Waals surface area contributed by atoms with Gasteiger partial charge in [0.25, 0.3) is 5.91 Å². The number of ether oxygens (including phenoxy) is 1. The lowest BCUT2D eigenvalue weighted by Crippen LogP contribution is -2.40. The van der Waals surface area contributed by atoms with Crippen molar-refractivity contribution in [1.29, 1.82) is 0 Å². The van der Waals surface area contributed by atoms with E-state index in [1.54, 1.807) is 0 Å². The summed E-state index contributed by atoms with van der Waals surface area (Å²) >= 11 is 0. The molecule has 0 aliphatic carbocycles. The molecule has 1 aromatic carbocycles. The second-order valence-corrected chi connectivity index (χ2v) is 5.08. The number of carbonyl (C=O) groups is 1. The van der Waals surface area contributed by atoms with Crippen molar-refractivity contribution in [2.75, 3.05) is 26.3 Å². The van der Waals surface area contributed by atoms with Crippen molar-refractivity contribution in [3.05, 3.63) is 35.0 Å². The van der Waals surface area contributed by atoms with Crippen molar-refractivity contribution >= 4 is 16.8 Å². The van der Waals surface area contributed by atoms with Crippen molar-refractivity contribution in [3.8, 4) is 0 Å². The van der Waals surface area contributed by atoms with E-state index in [1.165, 1.54) is 5.56 Å². The first-order valence-corrected chi connectivity index (χ1v) is 6.63. The van der Waals surface area contributed by atoms with Crippen molar-refractivity contribution < 1.29 is 9.53 Å². The number of aryl methyl sites for hydroxylation is 2. The van der Waals surface area contributed by atoms with Crippen molar-refractivity contribution in [2.24, 2.45) is 0 Å². The van der Waals surface area contributed by atoms with Crippen LogP contribution in [0.4, 0.5) is 0 Å². The highest BCUT2D eigenvalue weighted by atomic mass is 16.5. The van der Waals surface area contributed by atoms with Gasteiger partial charge in [-0.1, -0.05) is 11.6 Å². The molecule has 1 aliphatic heterocycles. The third-order valence-corrected chi connectivity index (χ3v) is 3.65. The van der Waals surface area contributed by atoms with Gasteiger partial charge >= 0.3 is 0 Å². The number of nitrogens with one attached hydrogen (secondary N) is 1. The summed E-state index contributed by atoms with van der Waals surface area (Å²) in [4.78, 5) is 17.8. The highest BCUT2D eigenvalue weighted by Crippen LogP contribution is 2.25. The highest BCUT2D eigenvalue weighted by Gasteiger charge is 2.23. The second kappa shape index (κ2) is 4.70. The number of rotatable bonds is 1. The zero-order valence-electron chi connectivity index (χ0n) is 11.3. The molecule has 100 valence electrons. The lowest BCUT2D eigenvalue weighted by atomic mass is 10.1. The SMILES string of the molecule is Cc1ccc2[nH]c(C)c(C(=O)N3CCOCC3)c2c1. The topological polar surface area (TPSA) is 45.3 Å². The molecule has 0 unspecified atom stereocenters. The number of hydrogen-bond acceptors (Lipinski definition) is 2. The molecule has 0 atom stereocenters. The van der Waals surface area contributed by atoms with E-state index in [2.05, 4.69) is 17.1 Å². The minimum atomic E-state index is 0.109. The number of hydrogen-bond donors (Lipinski definition) is 1. The first kappa shape index (κ1) is 12.2. The zero-order chi connectivity index (χ0) is 13.4. The fourth-order valence-corrected chi connectivity index (χ4v) is 2.64. The van der Waals surface area contributed by atoms with E-state index in [0.717, 1.165) is 22.2 Å². The van der Waals surface area contributed by atoms with Crippen LogP contribution in [0.5, 0.6) is 0 Å². The Bertz CT molecular complexity index is 624. The molecule has 0 bridgehead atoms. The van der Waals surface area contributed by atoms with Crippen LogP contribution < -0.4 is 0 Å². The van der Waals surface area contributed by atoms with E-state index in [4.69, 9.17) is 4.74 Å². The Morgan fingerprint density at radius 1 is 1.26 bits per heavy atom. The number of fused-ring (bicyclic) bond motifs is 1. The fourth-order valence-electron chi connectivity index (χ4n) is 2.64. The minimum absolute atomic E-state index is 0.109. The lowest BCUT2D eigenvalue weighted by Gasteiger charge is -2.27. The van der Waals surface area contributed by atoms with Gasteiger partial charge in [-0.3, -0.25) is 4.79 Å². The van der Waals surface area contributed by atoms with Crippen molar-refractivity contribution in [2.45, 2.75) is 13.8 Å². The maximum absolute atomic E-state index is 12.7. The van der Waals surface area contributed by atoms with E-state index in [-0.39, 0.29) is 5.91 Å². The van der Waals surface area contributed by atoms with Crippen LogP contribution in [0.25, 0.3) is 10.9 Å². The summed E-state index contributed by atoms with van der Waals surface area (Å²) < 4.78 is 5.30. The van der Waals surface area contributed by atoms with Gasteiger partial charge in [0.15, 0.2) is 0 Å². The van der Waals surface area contributed by atoms with E-state index in [0.29, 0.717) is 26.3 Å². The van der Waals surface area contributed by atoms with E-state index >= 15 is 0 Å². The molecule has 2 aromatic rings. The van der Waals surface area contributed by atoms with Gasteiger partial charge in [-0.2, -0.15) is 0 Å². The number of aromatic amines is 1. The Morgan fingerprint density at radius 3 is 2.74 bits per heavy atom. The van der Waals surface area contributed by atoms with Crippen LogP contribution in [0.1, 0.15) is 21.6 Å². The molecular weight excluding hydrogens is 240 g/mol. The van der Waals surface area contributed by atoms with E-state index in [9.17, 15) is 4.79 Å². The Kier molecular flexibility index (Phi) is 3.03. The van der Waals surface area contributed by atoms with Crippen molar-refractivity contribution in [3.63, 3.8) is 0 Å². The molecule has 19 heavy (non-hydrogen) atoms. The maximum Gasteiger partial charge on any atom is 0.256 e. The Balaban J connectivity index is 2.05. The van der Waals surface area contributed by atoms with Gasteiger partial charge in [-0.05, 0) is 26.0 Å². The molecule has 0 radical (unpaired) electrons. The average Bonchev–Trinajstić information content (AvgIpc) is 2.74. The number of amides is 1. The predicted octanol–water partition coefficient (Wildman–Crippen LogP) is 2.26. The fraction of sp³-hybridized carbons (Fsp3) is 0.400. The minimum Gasteiger partial charge on any atom is -0.378 e. The van der Waals surface area contributed by atoms with Crippen LogP contribution in [0.2, 0.25) is 0 Å². The molecule has 0 spiro atoms. The largest absolute Gasteiger partial charge is 0.378 e. The molecule has 1 aromatic heterocycles. The van der Waals surface area contributed by atoms with Crippen LogP contribution in [0, 0.1) is 13.8 Å². The molecule has 3 rings (SSSR count). The molecule has 1 saturated heterocycles. The van der Waals surface area contributed by atoms with Gasteiger partial charge in [0.1, 0.15) is 0 Å². The molecule has 2 heterocycles. The molecule has 1 aliphatic rings. The summed E-state index contributed by atoms with van der Waals surface area (Å²) in [7, 11) is 0. The molecule has 4 nitrogen and oxygen atoms in total. The standard InChI is InChI=1S/C15H18N2O2/c1-10-3-4-13-12(9-10)14(11(2)16-13)15(18)17-5-7-19-8-6-17/h3-4,9,16H,5-8H2,1-2H3. The molecule has 1 amide bonds. The van der Waals surface area contributed by atoms with Crippen molar-refractivity contribution in [1.82, 2.24) is 9.88 Å². The smallest absolute Gasteiger partial charge is 0.256 e. The summed E-state index contributed by atoms with van der Waals surface area (Å²) in [6.07, 6.45) is 0. The molecule has 1 fully saturated rings. The maximum atomic E-state index is 12.7. The second-order valence-electron chi connectivity index (χ2n) is 5.08. The summed E-state index contributed by atoms with van der Waals surface area (Å²) in [6.45, 7) is 6.62. The Labute approximate surface area is 112 Å². The highest BCUT2D eigenvalue weighted by molar-refractivity contribution is 6.08. The van der Waals surface area contributed by atoms with Crippen LogP contribution in [0.15, 0.2) is 18.2 Å². The van der Waals surface area contributed by atoms with E-state index in [1.807, 2.05) is 24.8 Å². The normalized spacial score (nSPS) is 16.0. The summed E-state index contributed by atoms with van der Waals surface area (Å²) in [6, 6.07) is 6.17. The van der Waals surface area contributed by atoms with Gasteiger partial charge in [-0.25, -0.2) is 0 Å². The van der Waals surface area contributed by atoms with Crippen LogP contribution in [0.3, 0.4) is 0 Å². The first-order valence-electron chi connectivity index (χ1n) is 6.63. The number of H-pyrrole nitrogens is 1. The summed E-state index contributed by atoms with van der Waals surface area (Å²) in [5, 5.41) is 1.02. The molecule has 4 heteroatoms. The third-order valence-electron chi connectivity index (χ3n) is 3.65. The van der Waals surface area contributed by atoms with Gasteiger partial charge in [0.2, 0.25) is 0 Å². The first-order chi connectivity index (χ1) is 9.16. The molecule has 0 saturated carbocycles. The number of benzene rings is 1. The average molecular weight is 258 g/mol. The number of carbonyl (C=O) groups excluding carboxylic acids is 1. The van der Waals surface area contributed by atoms with Gasteiger partial charge in [0, 0.05) is 29.7 Å². The number of morpholine rings is 1. The van der Waals surface area contributed by atoms with E-state index < -0.39 is 0 Å². The number of nitrogens with zero attached hydrogens (tertiary/aromatic N) is 1. The lowest BCUT2D eigenvalue weighted by molar-refractivity contribution is 0.0303. The monoisotopic (exact) mass is 258 g/mol. The quantitative estimate of drug-likeness (QED) is 0.852. The summed E-state index contributed by atoms with van der Waals surface area (Å²) in [5.74, 6) is 0.109. The number of aromatic nitrogens is 1. The van der Waals surface area contributed by atoms with Gasteiger partial charge in [0.05, 0.1) is 18.8 Å². The Morgan fingerprint density at radius 2 is 2.00 bits per heavy atom. The van der Waals surface area contributed by atoms with Gasteiger partial charge < -0.3 is 14.6 Å². The van der Waals surface area contributed by atoms with Crippen LogP contribution >= 0.6 is 0 Å². The third kappa shape index (κ3) is 2.12. The zero-order valence-corrected chi connectivity index (χ0v) is 11.3. The Hall–Kier alpha value is -1.81. The molecular formula is C15H18N2O2. The van der Waals surface area contributed by atoms with Crippen LogP contribution in [-0.2, 0) is 4.74 Å².